The Morgan fingerprint density at radius 3 is 2.30 bits per heavy atom. The molecule has 2 N–H and O–H groups in total. The van der Waals surface area contributed by atoms with Crippen molar-refractivity contribution in [3.05, 3.63) is 150 Å². The fourth-order valence-corrected chi connectivity index (χ4v) is 6.62. The second-order valence-electron chi connectivity index (χ2n) is 11.1. The van der Waals surface area contributed by atoms with Gasteiger partial charge in [0, 0.05) is 28.1 Å². The van der Waals surface area contributed by atoms with Crippen LogP contribution in [0.25, 0.3) is 49.4 Å². The summed E-state index contributed by atoms with van der Waals surface area (Å²) in [5.41, 5.74) is 4.03. The maximum Gasteiger partial charge on any atom is 0.169 e. The van der Waals surface area contributed by atoms with E-state index in [1.165, 1.54) is 32.3 Å². The summed E-state index contributed by atoms with van der Waals surface area (Å²) in [7, 11) is 0. The van der Waals surface area contributed by atoms with Crippen molar-refractivity contribution in [1.29, 1.82) is 0 Å². The minimum atomic E-state index is -0.396. The van der Waals surface area contributed by atoms with Crippen molar-refractivity contribution in [2.75, 3.05) is 0 Å². The van der Waals surface area contributed by atoms with Crippen LogP contribution in [0, 0.1) is 0 Å². The van der Waals surface area contributed by atoms with Crippen LogP contribution in [0.1, 0.15) is 34.7 Å². The van der Waals surface area contributed by atoms with Crippen molar-refractivity contribution in [2.24, 2.45) is 9.98 Å². The predicted octanol–water partition coefficient (Wildman–Crippen LogP) is 8.65. The maximum absolute atomic E-state index is 6.24. The van der Waals surface area contributed by atoms with E-state index in [4.69, 9.17) is 14.4 Å². The van der Waals surface area contributed by atoms with E-state index in [0.29, 0.717) is 0 Å². The van der Waals surface area contributed by atoms with E-state index < -0.39 is 6.17 Å². The summed E-state index contributed by atoms with van der Waals surface area (Å²) in [5.74, 6) is 2.45. The molecule has 7 aromatic rings. The molecule has 1 aromatic heterocycles. The normalized spacial score (nSPS) is 17.9. The molecule has 2 atom stereocenters. The molecular formula is C38H26N4O. The number of para-hydroxylation sites is 1. The Morgan fingerprint density at radius 1 is 0.605 bits per heavy atom. The molecule has 0 spiro atoms. The van der Waals surface area contributed by atoms with Gasteiger partial charge in [0.1, 0.15) is 29.1 Å². The molecule has 0 radical (unpaired) electrons. The molecule has 2 unspecified atom stereocenters. The van der Waals surface area contributed by atoms with Crippen molar-refractivity contribution in [1.82, 2.24) is 10.6 Å². The fraction of sp³-hybridized carbons (Fsp3) is 0.0526. The summed E-state index contributed by atoms with van der Waals surface area (Å²) in [6, 6.07) is 42.2. The molecule has 5 nitrogen and oxygen atoms in total. The standard InChI is InChI=1S/C38H26N4O/c1-2-10-25(11-3-1)36-40-37(42-38(41-36)35-34-29-14-6-7-16-31(29)43-32(34)21-22-39-35)30-15-8-12-24-18-19-27-26-13-5-4-9-23(26)17-20-28(27)33(24)30/h1-22,35-36,39H,(H,40,41,42). The number of benzene rings is 6. The third-order valence-corrected chi connectivity index (χ3v) is 8.60. The van der Waals surface area contributed by atoms with E-state index in [9.17, 15) is 0 Å². The number of fused-ring (bicyclic) bond motifs is 8. The molecule has 2 aliphatic rings. The van der Waals surface area contributed by atoms with Crippen LogP contribution < -0.4 is 10.6 Å². The van der Waals surface area contributed by atoms with Crippen LogP contribution in [0.5, 0.6) is 0 Å². The zero-order chi connectivity index (χ0) is 28.3. The van der Waals surface area contributed by atoms with Crippen LogP contribution in [-0.2, 0) is 0 Å². The Balaban J connectivity index is 1.25. The van der Waals surface area contributed by atoms with E-state index in [1.807, 2.05) is 48.7 Å². The fourth-order valence-electron chi connectivity index (χ4n) is 6.62. The van der Waals surface area contributed by atoms with Crippen molar-refractivity contribution >= 4 is 61.0 Å². The summed E-state index contributed by atoms with van der Waals surface area (Å²) in [6.07, 6.45) is 3.53. The number of nitrogens with one attached hydrogen (secondary N) is 2. The molecule has 0 amide bonds. The van der Waals surface area contributed by atoms with Crippen molar-refractivity contribution in [2.45, 2.75) is 12.2 Å². The summed E-state index contributed by atoms with van der Waals surface area (Å²) in [6.45, 7) is 0. The van der Waals surface area contributed by atoms with Gasteiger partial charge >= 0.3 is 0 Å². The van der Waals surface area contributed by atoms with Gasteiger partial charge in [0.25, 0.3) is 0 Å². The molecule has 0 saturated carbocycles. The zero-order valence-electron chi connectivity index (χ0n) is 23.2. The molecule has 0 fully saturated rings. The van der Waals surface area contributed by atoms with Gasteiger partial charge in [0.15, 0.2) is 6.17 Å². The Morgan fingerprint density at radius 2 is 1.37 bits per heavy atom. The van der Waals surface area contributed by atoms with Gasteiger partial charge < -0.3 is 15.1 Å². The first-order valence-corrected chi connectivity index (χ1v) is 14.6. The Bertz CT molecular complexity index is 2310. The Kier molecular flexibility index (Phi) is 5.26. The highest BCUT2D eigenvalue weighted by Gasteiger charge is 2.32. The first-order valence-electron chi connectivity index (χ1n) is 14.6. The minimum Gasteiger partial charge on any atom is -0.456 e. The SMILES string of the molecule is C1=Cc2oc3ccccc3c2C(C2=NC(c3ccccc3)N=C(c3cccc4ccc5c6ccccc6ccc5c34)N2)N1. The highest BCUT2D eigenvalue weighted by atomic mass is 16.3. The first-order chi connectivity index (χ1) is 21.3. The number of aliphatic imine (C=N–C) groups is 2. The van der Waals surface area contributed by atoms with Crippen LogP contribution in [0.3, 0.4) is 0 Å². The van der Waals surface area contributed by atoms with Crippen molar-refractivity contribution in [3.63, 3.8) is 0 Å². The monoisotopic (exact) mass is 554 g/mol. The minimum absolute atomic E-state index is 0.226. The second kappa shape index (κ2) is 9.43. The summed E-state index contributed by atoms with van der Waals surface area (Å²) in [5, 5.41) is 15.6. The molecule has 5 heteroatoms. The summed E-state index contributed by atoms with van der Waals surface area (Å²) >= 11 is 0. The maximum atomic E-state index is 6.24. The molecule has 43 heavy (non-hydrogen) atoms. The summed E-state index contributed by atoms with van der Waals surface area (Å²) < 4.78 is 6.24. The smallest absolute Gasteiger partial charge is 0.169 e. The van der Waals surface area contributed by atoms with Crippen LogP contribution in [0.4, 0.5) is 0 Å². The topological polar surface area (TPSA) is 61.9 Å². The van der Waals surface area contributed by atoms with Crippen LogP contribution >= 0.6 is 0 Å². The number of hydrogen-bond acceptors (Lipinski definition) is 5. The van der Waals surface area contributed by atoms with Gasteiger partial charge in [-0.15, -0.1) is 0 Å². The van der Waals surface area contributed by atoms with E-state index in [-0.39, 0.29) is 6.04 Å². The number of amidine groups is 2. The van der Waals surface area contributed by atoms with E-state index in [2.05, 4.69) is 95.6 Å². The lowest BCUT2D eigenvalue weighted by Crippen LogP contribution is -2.43. The largest absolute Gasteiger partial charge is 0.456 e. The molecule has 0 saturated heterocycles. The molecule has 9 rings (SSSR count). The van der Waals surface area contributed by atoms with Crippen molar-refractivity contribution in [3.8, 4) is 0 Å². The number of furan rings is 1. The molecule has 2 aliphatic heterocycles. The van der Waals surface area contributed by atoms with Gasteiger partial charge in [0.2, 0.25) is 0 Å². The quantitative estimate of drug-likeness (QED) is 0.215. The average molecular weight is 555 g/mol. The van der Waals surface area contributed by atoms with Crippen LogP contribution in [0.15, 0.2) is 142 Å². The molecular weight excluding hydrogens is 528 g/mol. The Hall–Kier alpha value is -5.68. The number of nitrogens with zero attached hydrogens (tertiary/aromatic N) is 2. The lowest BCUT2D eigenvalue weighted by Gasteiger charge is -2.29. The van der Waals surface area contributed by atoms with Crippen molar-refractivity contribution < 1.29 is 4.42 Å². The average Bonchev–Trinajstić information content (AvgIpc) is 3.47. The van der Waals surface area contributed by atoms with Gasteiger partial charge in [-0.25, -0.2) is 9.98 Å². The van der Waals surface area contributed by atoms with E-state index >= 15 is 0 Å². The molecule has 3 heterocycles. The molecule has 204 valence electrons. The van der Waals surface area contributed by atoms with Crippen LogP contribution in [0.2, 0.25) is 0 Å². The van der Waals surface area contributed by atoms with E-state index in [0.717, 1.165) is 45.1 Å². The number of hydrogen-bond donors (Lipinski definition) is 2. The van der Waals surface area contributed by atoms with E-state index in [1.54, 1.807) is 0 Å². The lowest BCUT2D eigenvalue weighted by atomic mass is 9.93. The molecule has 0 bridgehead atoms. The predicted molar refractivity (Wildman–Crippen MR) is 176 cm³/mol. The lowest BCUT2D eigenvalue weighted by molar-refractivity contribution is 0.585. The first kappa shape index (κ1) is 24.0. The Labute approximate surface area is 247 Å². The van der Waals surface area contributed by atoms with Gasteiger partial charge in [-0.05, 0) is 44.6 Å². The molecule has 6 aromatic carbocycles. The third-order valence-electron chi connectivity index (χ3n) is 8.60. The second-order valence-corrected chi connectivity index (χ2v) is 11.1. The number of rotatable bonds is 3. The highest BCUT2D eigenvalue weighted by molar-refractivity contribution is 6.25. The van der Waals surface area contributed by atoms with Gasteiger partial charge in [0.05, 0.1) is 0 Å². The highest BCUT2D eigenvalue weighted by Crippen LogP contribution is 2.38. The summed E-state index contributed by atoms with van der Waals surface area (Å²) in [4.78, 5) is 10.4. The molecule has 0 aliphatic carbocycles. The zero-order valence-corrected chi connectivity index (χ0v) is 23.2. The van der Waals surface area contributed by atoms with Gasteiger partial charge in [-0.1, -0.05) is 115 Å². The van der Waals surface area contributed by atoms with Crippen LogP contribution in [-0.4, -0.2) is 11.7 Å². The van der Waals surface area contributed by atoms with Gasteiger partial charge in [-0.3, -0.25) is 0 Å². The van der Waals surface area contributed by atoms with Gasteiger partial charge in [-0.2, -0.15) is 0 Å². The third kappa shape index (κ3) is 3.78.